The number of nitrogens with one attached hydrogen (secondary N) is 2. The fourth-order valence-corrected chi connectivity index (χ4v) is 3.51. The number of benzene rings is 1. The van der Waals surface area contributed by atoms with Crippen LogP contribution in [-0.2, 0) is 14.8 Å². The highest BCUT2D eigenvalue weighted by atomic mass is 32.2. The quantitative estimate of drug-likeness (QED) is 0.590. The van der Waals surface area contributed by atoms with Gasteiger partial charge in [-0.1, -0.05) is 18.2 Å². The zero-order chi connectivity index (χ0) is 19.2. The second kappa shape index (κ2) is 8.93. The molecule has 7 nitrogen and oxygen atoms in total. The summed E-state index contributed by atoms with van der Waals surface area (Å²) in [6.45, 7) is 2.16. The number of carbonyl (C=O) groups is 2. The topological polar surface area (TPSA) is 118 Å². The molecule has 0 saturated carbocycles. The van der Waals surface area contributed by atoms with Gasteiger partial charge in [0, 0.05) is 13.0 Å². The molecule has 1 aromatic heterocycles. The number of nitrogens with two attached hydrogens (primary N) is 1. The summed E-state index contributed by atoms with van der Waals surface area (Å²) in [5.41, 5.74) is 0.649. The van der Waals surface area contributed by atoms with Crippen molar-refractivity contribution in [2.24, 2.45) is 5.14 Å². The van der Waals surface area contributed by atoms with Crippen molar-refractivity contribution in [3.05, 3.63) is 52.2 Å². The molecule has 0 aliphatic carbocycles. The van der Waals surface area contributed by atoms with Crippen molar-refractivity contribution >= 4 is 33.2 Å². The van der Waals surface area contributed by atoms with E-state index >= 15 is 0 Å². The lowest BCUT2D eigenvalue weighted by Gasteiger charge is -2.15. The van der Waals surface area contributed by atoms with Gasteiger partial charge in [0.15, 0.2) is 0 Å². The standard InChI is InChI=1S/C17H21N3O4S2/c1-12(13-5-2-6-14(11-13)26(18,23)24)20-16(21)8-3-9-19-17(22)15-7-4-10-25-15/h2,4-7,10-12H,3,8-9H2,1H3,(H,19,22)(H,20,21)(H2,18,23,24)/t12-/m0/s1. The largest absolute Gasteiger partial charge is 0.351 e. The van der Waals surface area contributed by atoms with E-state index in [9.17, 15) is 18.0 Å². The van der Waals surface area contributed by atoms with Gasteiger partial charge in [0.1, 0.15) is 0 Å². The number of thiophene rings is 1. The highest BCUT2D eigenvalue weighted by Gasteiger charge is 2.13. The molecule has 2 aromatic rings. The van der Waals surface area contributed by atoms with Gasteiger partial charge in [-0.05, 0) is 42.5 Å². The second-order valence-electron chi connectivity index (χ2n) is 5.74. The number of hydrogen-bond donors (Lipinski definition) is 3. The molecule has 0 aliphatic heterocycles. The Morgan fingerprint density at radius 1 is 1.23 bits per heavy atom. The highest BCUT2D eigenvalue weighted by Crippen LogP contribution is 2.16. The van der Waals surface area contributed by atoms with Crippen LogP contribution in [0, 0.1) is 0 Å². The Hall–Kier alpha value is -2.23. The van der Waals surface area contributed by atoms with E-state index in [0.29, 0.717) is 23.4 Å². The van der Waals surface area contributed by atoms with Crippen LogP contribution in [0.5, 0.6) is 0 Å². The molecule has 0 fully saturated rings. The van der Waals surface area contributed by atoms with Crippen LogP contribution in [0.1, 0.15) is 41.0 Å². The van der Waals surface area contributed by atoms with Crippen molar-refractivity contribution in [2.45, 2.75) is 30.7 Å². The lowest BCUT2D eigenvalue weighted by Crippen LogP contribution is -2.29. The molecule has 26 heavy (non-hydrogen) atoms. The maximum absolute atomic E-state index is 12.0. The van der Waals surface area contributed by atoms with E-state index in [1.54, 1.807) is 31.2 Å². The number of amides is 2. The van der Waals surface area contributed by atoms with Crippen LogP contribution in [-0.4, -0.2) is 26.8 Å². The van der Waals surface area contributed by atoms with Gasteiger partial charge in [-0.25, -0.2) is 13.6 Å². The van der Waals surface area contributed by atoms with Gasteiger partial charge in [-0.15, -0.1) is 11.3 Å². The summed E-state index contributed by atoms with van der Waals surface area (Å²) in [4.78, 5) is 24.4. The summed E-state index contributed by atoms with van der Waals surface area (Å²) in [5, 5.41) is 12.5. The number of rotatable bonds is 8. The molecule has 2 rings (SSSR count). The summed E-state index contributed by atoms with van der Waals surface area (Å²) < 4.78 is 22.8. The van der Waals surface area contributed by atoms with E-state index < -0.39 is 10.0 Å². The average molecular weight is 396 g/mol. The van der Waals surface area contributed by atoms with Crippen molar-refractivity contribution in [3.8, 4) is 0 Å². The Morgan fingerprint density at radius 2 is 2.00 bits per heavy atom. The number of primary sulfonamides is 1. The monoisotopic (exact) mass is 395 g/mol. The zero-order valence-electron chi connectivity index (χ0n) is 14.3. The number of hydrogen-bond acceptors (Lipinski definition) is 5. The molecule has 0 unspecified atom stereocenters. The third-order valence-electron chi connectivity index (χ3n) is 3.68. The highest BCUT2D eigenvalue weighted by molar-refractivity contribution is 7.89. The summed E-state index contributed by atoms with van der Waals surface area (Å²) in [5.74, 6) is -0.322. The molecule has 140 valence electrons. The Labute approximate surface area is 156 Å². The lowest BCUT2D eigenvalue weighted by molar-refractivity contribution is -0.121. The Balaban J connectivity index is 1.78. The van der Waals surface area contributed by atoms with Gasteiger partial charge in [0.2, 0.25) is 15.9 Å². The van der Waals surface area contributed by atoms with Gasteiger partial charge in [0.25, 0.3) is 5.91 Å². The molecule has 0 bridgehead atoms. The normalized spacial score (nSPS) is 12.4. The average Bonchev–Trinajstić information content (AvgIpc) is 3.12. The van der Waals surface area contributed by atoms with Gasteiger partial charge >= 0.3 is 0 Å². The van der Waals surface area contributed by atoms with Crippen LogP contribution in [0.25, 0.3) is 0 Å². The molecule has 9 heteroatoms. The minimum Gasteiger partial charge on any atom is -0.351 e. The maximum Gasteiger partial charge on any atom is 0.261 e. The van der Waals surface area contributed by atoms with E-state index in [2.05, 4.69) is 10.6 Å². The third-order valence-corrected chi connectivity index (χ3v) is 5.45. The number of sulfonamides is 1. The van der Waals surface area contributed by atoms with Crippen molar-refractivity contribution < 1.29 is 18.0 Å². The van der Waals surface area contributed by atoms with Crippen molar-refractivity contribution in [1.29, 1.82) is 0 Å². The van der Waals surface area contributed by atoms with E-state index in [-0.39, 0.29) is 29.2 Å². The SMILES string of the molecule is C[C@H](NC(=O)CCCNC(=O)c1cccs1)c1cccc(S(N)(=O)=O)c1. The molecule has 4 N–H and O–H groups in total. The van der Waals surface area contributed by atoms with Gasteiger partial charge in [0.05, 0.1) is 15.8 Å². The van der Waals surface area contributed by atoms with Crippen LogP contribution in [0.2, 0.25) is 0 Å². The first-order chi connectivity index (χ1) is 12.3. The minimum atomic E-state index is -3.78. The van der Waals surface area contributed by atoms with Crippen molar-refractivity contribution in [3.63, 3.8) is 0 Å². The van der Waals surface area contributed by atoms with E-state index in [1.165, 1.54) is 23.5 Å². The van der Waals surface area contributed by atoms with Crippen molar-refractivity contribution in [1.82, 2.24) is 10.6 Å². The summed E-state index contributed by atoms with van der Waals surface area (Å²) >= 11 is 1.36. The fourth-order valence-electron chi connectivity index (χ4n) is 2.30. The van der Waals surface area contributed by atoms with Gasteiger partial charge < -0.3 is 10.6 Å². The van der Waals surface area contributed by atoms with Crippen LogP contribution in [0.15, 0.2) is 46.7 Å². The van der Waals surface area contributed by atoms with Crippen LogP contribution >= 0.6 is 11.3 Å². The first-order valence-electron chi connectivity index (χ1n) is 8.01. The van der Waals surface area contributed by atoms with E-state index in [1.807, 2.05) is 5.38 Å². The first-order valence-corrected chi connectivity index (χ1v) is 10.4. The molecule has 0 saturated heterocycles. The Kier molecular flexibility index (Phi) is 6.90. The third kappa shape index (κ3) is 5.94. The molecular weight excluding hydrogens is 374 g/mol. The molecule has 1 atom stereocenters. The molecule has 1 aromatic carbocycles. The van der Waals surface area contributed by atoms with Crippen LogP contribution < -0.4 is 15.8 Å². The maximum atomic E-state index is 12.0. The fraction of sp³-hybridized carbons (Fsp3) is 0.294. The molecule has 2 amide bonds. The Morgan fingerprint density at radius 3 is 2.65 bits per heavy atom. The minimum absolute atomic E-state index is 0.00684. The van der Waals surface area contributed by atoms with E-state index in [4.69, 9.17) is 5.14 Å². The predicted octanol–water partition coefficient (Wildman–Crippen LogP) is 1.78. The molecular formula is C17H21N3O4S2. The number of carbonyl (C=O) groups excluding carboxylic acids is 2. The molecule has 0 radical (unpaired) electrons. The second-order valence-corrected chi connectivity index (χ2v) is 8.25. The van der Waals surface area contributed by atoms with Crippen LogP contribution in [0.3, 0.4) is 0 Å². The van der Waals surface area contributed by atoms with Crippen LogP contribution in [0.4, 0.5) is 0 Å². The molecule has 1 heterocycles. The Bertz CT molecular complexity index is 864. The predicted molar refractivity (Wildman–Crippen MR) is 100 cm³/mol. The molecule has 0 spiro atoms. The summed E-state index contributed by atoms with van der Waals surface area (Å²) in [6, 6.07) is 9.35. The van der Waals surface area contributed by atoms with Crippen molar-refractivity contribution in [2.75, 3.05) is 6.54 Å². The smallest absolute Gasteiger partial charge is 0.261 e. The van der Waals surface area contributed by atoms with Gasteiger partial charge in [-0.3, -0.25) is 9.59 Å². The zero-order valence-corrected chi connectivity index (χ0v) is 15.9. The molecule has 0 aliphatic rings. The summed E-state index contributed by atoms with van der Waals surface area (Å²) in [6.07, 6.45) is 0.761. The lowest BCUT2D eigenvalue weighted by atomic mass is 10.1. The van der Waals surface area contributed by atoms with E-state index in [0.717, 1.165) is 0 Å². The first kappa shape index (κ1) is 20.1. The summed E-state index contributed by atoms with van der Waals surface area (Å²) in [7, 11) is -3.78. The van der Waals surface area contributed by atoms with Gasteiger partial charge in [-0.2, -0.15) is 0 Å².